The SMILES string of the molecule is CC(C)S(=O)(=O)N(C)c1ccccc1C(N)=S. The van der Waals surface area contributed by atoms with Gasteiger partial charge in [0.25, 0.3) is 0 Å². The first kappa shape index (κ1) is 13.9. The van der Waals surface area contributed by atoms with Crippen molar-refractivity contribution in [2.24, 2.45) is 5.73 Å². The zero-order valence-electron chi connectivity index (χ0n) is 10.0. The van der Waals surface area contributed by atoms with Crippen LogP contribution in [0.15, 0.2) is 24.3 Å². The van der Waals surface area contributed by atoms with Crippen LogP contribution in [0.3, 0.4) is 0 Å². The number of hydrogen-bond donors (Lipinski definition) is 1. The smallest absolute Gasteiger partial charge is 0.237 e. The van der Waals surface area contributed by atoms with Gasteiger partial charge in [0.1, 0.15) is 4.99 Å². The average Bonchev–Trinajstić information content (AvgIpc) is 2.27. The van der Waals surface area contributed by atoms with Crippen molar-refractivity contribution in [1.29, 1.82) is 0 Å². The van der Waals surface area contributed by atoms with Gasteiger partial charge in [-0.3, -0.25) is 4.31 Å². The van der Waals surface area contributed by atoms with E-state index in [1.54, 1.807) is 38.1 Å². The Hall–Kier alpha value is -1.14. The first-order valence-corrected chi connectivity index (χ1v) is 7.06. The lowest BCUT2D eigenvalue weighted by molar-refractivity contribution is 0.585. The van der Waals surface area contributed by atoms with Crippen molar-refractivity contribution < 1.29 is 8.42 Å². The van der Waals surface area contributed by atoms with Crippen molar-refractivity contribution >= 4 is 32.9 Å². The highest BCUT2D eigenvalue weighted by molar-refractivity contribution is 7.93. The number of para-hydroxylation sites is 1. The van der Waals surface area contributed by atoms with Gasteiger partial charge in [0.2, 0.25) is 10.0 Å². The van der Waals surface area contributed by atoms with E-state index in [9.17, 15) is 8.42 Å². The number of hydrogen-bond acceptors (Lipinski definition) is 3. The molecule has 0 aliphatic carbocycles. The molecule has 0 radical (unpaired) electrons. The fourth-order valence-corrected chi connectivity index (χ4v) is 2.65. The van der Waals surface area contributed by atoms with Crippen LogP contribution >= 0.6 is 12.2 Å². The molecule has 2 N–H and O–H groups in total. The number of nitrogens with zero attached hydrogens (tertiary/aromatic N) is 1. The normalized spacial score (nSPS) is 11.5. The van der Waals surface area contributed by atoms with Crippen molar-refractivity contribution in [3.05, 3.63) is 29.8 Å². The van der Waals surface area contributed by atoms with Crippen LogP contribution < -0.4 is 10.0 Å². The minimum Gasteiger partial charge on any atom is -0.389 e. The summed E-state index contributed by atoms with van der Waals surface area (Å²) in [6, 6.07) is 6.93. The second kappa shape index (κ2) is 5.01. The summed E-state index contributed by atoms with van der Waals surface area (Å²) in [6.07, 6.45) is 0. The molecule has 0 aliphatic rings. The van der Waals surface area contributed by atoms with Gasteiger partial charge in [0.05, 0.1) is 10.9 Å². The molecule has 17 heavy (non-hydrogen) atoms. The number of nitrogens with two attached hydrogens (primary N) is 1. The third-order valence-corrected chi connectivity index (χ3v) is 4.86. The second-order valence-corrected chi connectivity index (χ2v) is 6.90. The molecule has 0 unspecified atom stereocenters. The molecule has 94 valence electrons. The molecule has 6 heteroatoms. The molecule has 0 bridgehead atoms. The molecule has 0 aliphatic heterocycles. The van der Waals surface area contributed by atoms with Gasteiger partial charge >= 0.3 is 0 Å². The highest BCUT2D eigenvalue weighted by Crippen LogP contribution is 2.23. The van der Waals surface area contributed by atoms with Crippen LogP contribution in [0.2, 0.25) is 0 Å². The molecule has 0 spiro atoms. The van der Waals surface area contributed by atoms with Gasteiger partial charge < -0.3 is 5.73 Å². The molecular formula is C11H16N2O2S2. The summed E-state index contributed by atoms with van der Waals surface area (Å²) in [5, 5.41) is -0.494. The maximum atomic E-state index is 12.0. The van der Waals surface area contributed by atoms with Crippen molar-refractivity contribution in [3.63, 3.8) is 0 Å². The first-order chi connectivity index (χ1) is 7.78. The summed E-state index contributed by atoms with van der Waals surface area (Å²) < 4.78 is 25.3. The van der Waals surface area contributed by atoms with E-state index in [4.69, 9.17) is 18.0 Å². The van der Waals surface area contributed by atoms with Crippen molar-refractivity contribution in [3.8, 4) is 0 Å². The number of benzene rings is 1. The Balaban J connectivity index is 3.31. The summed E-state index contributed by atoms with van der Waals surface area (Å²) in [5.74, 6) is 0. The van der Waals surface area contributed by atoms with E-state index in [-0.39, 0.29) is 4.99 Å². The molecule has 4 nitrogen and oxygen atoms in total. The van der Waals surface area contributed by atoms with Gasteiger partial charge in [-0.2, -0.15) is 0 Å². The van der Waals surface area contributed by atoms with Crippen LogP contribution in [0.5, 0.6) is 0 Å². The molecule has 0 amide bonds. The zero-order valence-corrected chi connectivity index (χ0v) is 11.7. The van der Waals surface area contributed by atoms with E-state index in [0.717, 1.165) is 0 Å². The maximum Gasteiger partial charge on any atom is 0.237 e. The highest BCUT2D eigenvalue weighted by Gasteiger charge is 2.24. The molecular weight excluding hydrogens is 256 g/mol. The van der Waals surface area contributed by atoms with Crippen LogP contribution in [0, 0.1) is 0 Å². The van der Waals surface area contributed by atoms with Gasteiger partial charge in [0.15, 0.2) is 0 Å². The summed E-state index contributed by atoms with van der Waals surface area (Å²) in [6.45, 7) is 3.27. The van der Waals surface area contributed by atoms with Crippen LogP contribution in [-0.4, -0.2) is 25.7 Å². The number of rotatable bonds is 4. The Morgan fingerprint density at radius 1 is 1.35 bits per heavy atom. The van der Waals surface area contributed by atoms with E-state index in [0.29, 0.717) is 11.3 Å². The third-order valence-electron chi connectivity index (χ3n) is 2.49. The van der Waals surface area contributed by atoms with E-state index >= 15 is 0 Å². The number of thiocarbonyl (C=S) groups is 1. The Bertz CT molecular complexity index is 524. The number of anilines is 1. The lowest BCUT2D eigenvalue weighted by atomic mass is 10.2. The predicted octanol–water partition coefficient (Wildman–Crippen LogP) is 1.50. The molecule has 0 saturated heterocycles. The van der Waals surface area contributed by atoms with E-state index in [1.807, 2.05) is 0 Å². The predicted molar refractivity (Wildman–Crippen MR) is 74.8 cm³/mol. The molecule has 0 saturated carbocycles. The van der Waals surface area contributed by atoms with E-state index in [1.165, 1.54) is 11.4 Å². The van der Waals surface area contributed by atoms with Gasteiger partial charge in [-0.25, -0.2) is 8.42 Å². The summed E-state index contributed by atoms with van der Waals surface area (Å²) in [4.78, 5) is 0.186. The standard InChI is InChI=1S/C11H16N2O2S2/c1-8(2)17(14,15)13(3)10-7-5-4-6-9(10)11(12)16/h4-8H,1-3H3,(H2,12,16). The Morgan fingerprint density at radius 3 is 2.35 bits per heavy atom. The first-order valence-electron chi connectivity index (χ1n) is 5.15. The molecule has 0 heterocycles. The van der Waals surface area contributed by atoms with E-state index < -0.39 is 15.3 Å². The molecule has 1 rings (SSSR count). The quantitative estimate of drug-likeness (QED) is 0.844. The summed E-state index contributed by atoms with van der Waals surface area (Å²) in [5.41, 5.74) is 6.65. The Kier molecular flexibility index (Phi) is 4.11. The molecule has 0 aromatic heterocycles. The topological polar surface area (TPSA) is 63.4 Å². The van der Waals surface area contributed by atoms with E-state index in [2.05, 4.69) is 0 Å². The van der Waals surface area contributed by atoms with Gasteiger partial charge in [-0.1, -0.05) is 24.4 Å². The summed E-state index contributed by atoms with van der Waals surface area (Å²) >= 11 is 4.91. The number of sulfonamides is 1. The minimum absolute atomic E-state index is 0.186. The molecule has 0 fully saturated rings. The van der Waals surface area contributed by atoms with Crippen molar-refractivity contribution in [2.45, 2.75) is 19.1 Å². The lowest BCUT2D eigenvalue weighted by Crippen LogP contribution is -2.34. The Labute approximate surface area is 107 Å². The molecule has 1 aromatic rings. The monoisotopic (exact) mass is 272 g/mol. The Morgan fingerprint density at radius 2 is 1.88 bits per heavy atom. The second-order valence-electron chi connectivity index (χ2n) is 3.94. The maximum absolute atomic E-state index is 12.0. The largest absolute Gasteiger partial charge is 0.389 e. The zero-order chi connectivity index (χ0) is 13.2. The van der Waals surface area contributed by atoms with Crippen molar-refractivity contribution in [2.75, 3.05) is 11.4 Å². The lowest BCUT2D eigenvalue weighted by Gasteiger charge is -2.23. The third kappa shape index (κ3) is 2.76. The van der Waals surface area contributed by atoms with Crippen LogP contribution in [0.4, 0.5) is 5.69 Å². The minimum atomic E-state index is -3.37. The highest BCUT2D eigenvalue weighted by atomic mass is 32.2. The molecule has 0 atom stereocenters. The van der Waals surface area contributed by atoms with Crippen molar-refractivity contribution in [1.82, 2.24) is 0 Å². The fourth-order valence-electron chi connectivity index (χ4n) is 1.41. The van der Waals surface area contributed by atoms with Crippen LogP contribution in [0.1, 0.15) is 19.4 Å². The average molecular weight is 272 g/mol. The van der Waals surface area contributed by atoms with Gasteiger partial charge in [-0.15, -0.1) is 0 Å². The van der Waals surface area contributed by atoms with Gasteiger partial charge in [0, 0.05) is 12.6 Å². The molecule has 1 aromatic carbocycles. The van der Waals surface area contributed by atoms with Gasteiger partial charge in [-0.05, 0) is 26.0 Å². The van der Waals surface area contributed by atoms with Crippen LogP contribution in [-0.2, 0) is 10.0 Å². The fraction of sp³-hybridized carbons (Fsp3) is 0.364. The summed E-state index contributed by atoms with van der Waals surface area (Å²) in [7, 11) is -1.86. The van der Waals surface area contributed by atoms with Crippen LogP contribution in [0.25, 0.3) is 0 Å².